The fraction of sp³-hybridized carbons (Fsp3) is 0.0625. The number of rotatable bonds is 3. The van der Waals surface area contributed by atoms with Crippen LogP contribution in [0.1, 0.15) is 5.56 Å². The number of hydrogen-bond donors (Lipinski definition) is 1. The molecule has 0 aliphatic heterocycles. The second-order valence-corrected chi connectivity index (χ2v) is 4.64. The Balaban J connectivity index is 2.13. The average molecular weight is 305 g/mol. The first-order valence-electron chi connectivity index (χ1n) is 6.41. The number of benzene rings is 2. The fourth-order valence-corrected chi connectivity index (χ4v) is 2.18. The first kappa shape index (κ1) is 14.3. The Morgan fingerprint density at radius 1 is 0.955 bits per heavy atom. The molecule has 0 amide bonds. The van der Waals surface area contributed by atoms with Crippen molar-refractivity contribution >= 4 is 0 Å². The van der Waals surface area contributed by atoms with Gasteiger partial charge in [0.2, 0.25) is 0 Å². The Morgan fingerprint density at radius 2 is 1.77 bits per heavy atom. The molecule has 22 heavy (non-hydrogen) atoms. The Labute approximate surface area is 123 Å². The highest BCUT2D eigenvalue weighted by Crippen LogP contribution is 2.33. The molecule has 0 aliphatic rings. The van der Waals surface area contributed by atoms with Crippen molar-refractivity contribution in [3.05, 3.63) is 65.5 Å². The van der Waals surface area contributed by atoms with Gasteiger partial charge in [-0.3, -0.25) is 0 Å². The summed E-state index contributed by atoms with van der Waals surface area (Å²) in [5.41, 5.74) is 1.18. The number of aromatic nitrogens is 1. The molecular weight excluding hydrogens is 295 g/mol. The first-order chi connectivity index (χ1) is 10.6. The molecule has 3 nitrogen and oxygen atoms in total. The van der Waals surface area contributed by atoms with Crippen LogP contribution in [0.5, 0.6) is 0 Å². The first-order valence-corrected chi connectivity index (χ1v) is 6.41. The number of halogens is 3. The standard InChI is InChI=1S/C16H10F3NO2/c17-11-3-1-2-9(6-11)15-12(8-21)16(22-20-15)10-4-5-13(18)14(19)7-10/h1-7,21H,8H2. The van der Waals surface area contributed by atoms with E-state index < -0.39 is 24.1 Å². The van der Waals surface area contributed by atoms with Gasteiger partial charge in [0.25, 0.3) is 0 Å². The van der Waals surface area contributed by atoms with Crippen LogP contribution in [0.4, 0.5) is 13.2 Å². The third-order valence-corrected chi connectivity index (χ3v) is 3.23. The van der Waals surface area contributed by atoms with Crippen LogP contribution >= 0.6 is 0 Å². The summed E-state index contributed by atoms with van der Waals surface area (Å²) in [7, 11) is 0. The third-order valence-electron chi connectivity index (χ3n) is 3.23. The van der Waals surface area contributed by atoms with E-state index in [9.17, 15) is 18.3 Å². The van der Waals surface area contributed by atoms with Gasteiger partial charge in [0.15, 0.2) is 17.4 Å². The topological polar surface area (TPSA) is 46.3 Å². The summed E-state index contributed by atoms with van der Waals surface area (Å²) in [4.78, 5) is 0. The van der Waals surface area contributed by atoms with Gasteiger partial charge in [-0.25, -0.2) is 13.2 Å². The molecule has 3 aromatic rings. The molecule has 0 unspecified atom stereocenters. The predicted octanol–water partition coefficient (Wildman–Crippen LogP) is 3.92. The van der Waals surface area contributed by atoms with E-state index in [-0.39, 0.29) is 22.6 Å². The lowest BCUT2D eigenvalue weighted by molar-refractivity contribution is 0.281. The van der Waals surface area contributed by atoms with Gasteiger partial charge in [-0.2, -0.15) is 0 Å². The average Bonchev–Trinajstić information content (AvgIpc) is 2.94. The molecule has 0 fully saturated rings. The maximum absolute atomic E-state index is 13.3. The molecule has 1 N–H and O–H groups in total. The van der Waals surface area contributed by atoms with Crippen LogP contribution in [0.3, 0.4) is 0 Å². The maximum atomic E-state index is 13.3. The SMILES string of the molecule is OCc1c(-c2cccc(F)c2)noc1-c1ccc(F)c(F)c1. The number of aliphatic hydroxyl groups is 1. The molecule has 3 rings (SSSR count). The molecule has 0 atom stereocenters. The van der Waals surface area contributed by atoms with Crippen LogP contribution in [0.15, 0.2) is 47.0 Å². The van der Waals surface area contributed by atoms with Gasteiger partial charge in [-0.1, -0.05) is 17.3 Å². The molecule has 0 saturated carbocycles. The molecule has 112 valence electrons. The zero-order chi connectivity index (χ0) is 15.7. The lowest BCUT2D eigenvalue weighted by atomic mass is 10.0. The molecular formula is C16H10F3NO2. The van der Waals surface area contributed by atoms with E-state index in [2.05, 4.69) is 5.16 Å². The molecule has 0 bridgehead atoms. The van der Waals surface area contributed by atoms with Gasteiger partial charge < -0.3 is 9.63 Å². The zero-order valence-corrected chi connectivity index (χ0v) is 11.2. The maximum Gasteiger partial charge on any atom is 0.173 e. The summed E-state index contributed by atoms with van der Waals surface area (Å²) >= 11 is 0. The lowest BCUT2D eigenvalue weighted by Gasteiger charge is -2.02. The molecule has 2 aromatic carbocycles. The van der Waals surface area contributed by atoms with Crippen LogP contribution in [0.2, 0.25) is 0 Å². The summed E-state index contributed by atoms with van der Waals surface area (Å²) in [6.07, 6.45) is 0. The molecule has 0 aliphatic carbocycles. The Kier molecular flexibility index (Phi) is 3.68. The summed E-state index contributed by atoms with van der Waals surface area (Å²) in [5, 5.41) is 13.4. The quantitative estimate of drug-likeness (QED) is 0.798. The van der Waals surface area contributed by atoms with Gasteiger partial charge >= 0.3 is 0 Å². The van der Waals surface area contributed by atoms with Gasteiger partial charge in [0.1, 0.15) is 11.5 Å². The molecule has 0 radical (unpaired) electrons. The van der Waals surface area contributed by atoms with Crippen molar-refractivity contribution in [3.63, 3.8) is 0 Å². The third kappa shape index (κ3) is 2.48. The van der Waals surface area contributed by atoms with Gasteiger partial charge in [0, 0.05) is 11.1 Å². The van der Waals surface area contributed by atoms with E-state index >= 15 is 0 Å². The Bertz CT molecular complexity index is 830. The molecule has 6 heteroatoms. The van der Waals surface area contributed by atoms with Crippen molar-refractivity contribution in [2.45, 2.75) is 6.61 Å². The highest BCUT2D eigenvalue weighted by molar-refractivity contribution is 5.72. The van der Waals surface area contributed by atoms with E-state index in [0.29, 0.717) is 5.56 Å². The summed E-state index contributed by atoms with van der Waals surface area (Å²) < 4.78 is 44.8. The van der Waals surface area contributed by atoms with Crippen molar-refractivity contribution in [2.75, 3.05) is 0 Å². The van der Waals surface area contributed by atoms with Crippen molar-refractivity contribution in [1.82, 2.24) is 5.16 Å². The monoisotopic (exact) mass is 305 g/mol. The molecule has 0 spiro atoms. The predicted molar refractivity (Wildman–Crippen MR) is 73.2 cm³/mol. The largest absolute Gasteiger partial charge is 0.391 e. The smallest absolute Gasteiger partial charge is 0.173 e. The van der Waals surface area contributed by atoms with Crippen LogP contribution in [-0.4, -0.2) is 10.3 Å². The summed E-state index contributed by atoms with van der Waals surface area (Å²) in [6.45, 7) is -0.441. The highest BCUT2D eigenvalue weighted by atomic mass is 19.2. The summed E-state index contributed by atoms with van der Waals surface area (Å²) in [6, 6.07) is 8.84. The van der Waals surface area contributed by atoms with Gasteiger partial charge in [-0.15, -0.1) is 0 Å². The minimum Gasteiger partial charge on any atom is -0.391 e. The second kappa shape index (κ2) is 5.65. The molecule has 0 saturated heterocycles. The van der Waals surface area contributed by atoms with Gasteiger partial charge in [0.05, 0.1) is 12.2 Å². The zero-order valence-electron chi connectivity index (χ0n) is 11.2. The van der Waals surface area contributed by atoms with E-state index in [1.54, 1.807) is 6.07 Å². The van der Waals surface area contributed by atoms with E-state index in [1.807, 2.05) is 0 Å². The minimum atomic E-state index is -1.04. The molecule has 1 heterocycles. The lowest BCUT2D eigenvalue weighted by Crippen LogP contribution is -1.91. The molecule has 1 aromatic heterocycles. The Hall–Kier alpha value is -2.60. The Morgan fingerprint density at radius 3 is 2.45 bits per heavy atom. The van der Waals surface area contributed by atoms with Crippen LogP contribution in [-0.2, 0) is 6.61 Å². The van der Waals surface area contributed by atoms with Crippen LogP contribution < -0.4 is 0 Å². The van der Waals surface area contributed by atoms with Crippen molar-refractivity contribution in [3.8, 4) is 22.6 Å². The van der Waals surface area contributed by atoms with E-state index in [4.69, 9.17) is 4.52 Å². The van der Waals surface area contributed by atoms with Crippen molar-refractivity contribution in [2.24, 2.45) is 0 Å². The highest BCUT2D eigenvalue weighted by Gasteiger charge is 2.19. The van der Waals surface area contributed by atoms with E-state index in [1.165, 1.54) is 24.3 Å². The van der Waals surface area contributed by atoms with Gasteiger partial charge in [-0.05, 0) is 30.3 Å². The van der Waals surface area contributed by atoms with Crippen LogP contribution in [0.25, 0.3) is 22.6 Å². The summed E-state index contributed by atoms with van der Waals surface area (Å²) in [5.74, 6) is -2.37. The van der Waals surface area contributed by atoms with E-state index in [0.717, 1.165) is 12.1 Å². The number of nitrogens with zero attached hydrogens (tertiary/aromatic N) is 1. The minimum absolute atomic E-state index is 0.112. The van der Waals surface area contributed by atoms with Crippen molar-refractivity contribution in [1.29, 1.82) is 0 Å². The second-order valence-electron chi connectivity index (χ2n) is 4.64. The number of aliphatic hydroxyl groups excluding tert-OH is 1. The van der Waals surface area contributed by atoms with Crippen molar-refractivity contribution < 1.29 is 22.8 Å². The van der Waals surface area contributed by atoms with Crippen LogP contribution in [0, 0.1) is 17.5 Å². The fourth-order valence-electron chi connectivity index (χ4n) is 2.18. The number of hydrogen-bond acceptors (Lipinski definition) is 3. The normalized spacial score (nSPS) is 10.9.